The smallest absolute Gasteiger partial charge is 0.457 e. The zero-order valence-corrected chi connectivity index (χ0v) is 12.2. The Morgan fingerprint density at radius 2 is 2.00 bits per heavy atom. The molecule has 0 bridgehead atoms. The molecule has 1 unspecified atom stereocenters. The Hall–Kier alpha value is -2.02. The first-order valence-corrected chi connectivity index (χ1v) is 7.34. The first-order chi connectivity index (χ1) is 9.50. The molecule has 1 rings (SSSR count). The van der Waals surface area contributed by atoms with Crippen molar-refractivity contribution < 1.29 is 23.1 Å². The number of esters is 1. The summed E-state index contributed by atoms with van der Waals surface area (Å²) in [5, 5.41) is 0. The highest BCUT2D eigenvalue weighted by Crippen LogP contribution is 2.48. The molecule has 0 spiro atoms. The average molecular weight is 294 g/mol. The van der Waals surface area contributed by atoms with Crippen LogP contribution >= 0.6 is 7.60 Å². The maximum absolute atomic E-state index is 12.2. The van der Waals surface area contributed by atoms with Crippen molar-refractivity contribution >= 4 is 13.6 Å². The van der Waals surface area contributed by atoms with Gasteiger partial charge in [-0.1, -0.05) is 24.1 Å². The number of hydrogen-bond donors (Lipinski definition) is 0. The van der Waals surface area contributed by atoms with Gasteiger partial charge in [-0.2, -0.15) is 0 Å². The highest BCUT2D eigenvalue weighted by Gasteiger charge is 2.25. The van der Waals surface area contributed by atoms with Crippen LogP contribution in [0.15, 0.2) is 42.7 Å². The molecular formula is C14H15O5P. The fraction of sp³-hybridized carbons (Fsp3) is 0.214. The summed E-state index contributed by atoms with van der Waals surface area (Å²) in [6.07, 6.45) is 0. The van der Waals surface area contributed by atoms with E-state index in [1.165, 1.54) is 7.11 Å². The molecule has 0 amide bonds. The van der Waals surface area contributed by atoms with Gasteiger partial charge < -0.3 is 9.26 Å². The van der Waals surface area contributed by atoms with Gasteiger partial charge in [0.05, 0.1) is 6.61 Å². The molecule has 1 atom stereocenters. The Balaban J connectivity index is 2.83. The Bertz CT molecular complexity index is 583. The predicted molar refractivity (Wildman–Crippen MR) is 74.8 cm³/mol. The van der Waals surface area contributed by atoms with Gasteiger partial charge in [-0.05, 0) is 25.6 Å². The monoisotopic (exact) mass is 294 g/mol. The third-order valence-corrected chi connectivity index (χ3v) is 3.41. The lowest BCUT2D eigenvalue weighted by atomic mass is 10.2. The Kier molecular flexibility index (Phi) is 6.05. The molecule has 5 nitrogen and oxygen atoms in total. The van der Waals surface area contributed by atoms with E-state index in [0.29, 0.717) is 5.56 Å². The van der Waals surface area contributed by atoms with E-state index >= 15 is 0 Å². The van der Waals surface area contributed by atoms with Gasteiger partial charge in [0.1, 0.15) is 0 Å². The molecule has 0 fully saturated rings. The number of carbonyl (C=O) groups is 1. The van der Waals surface area contributed by atoms with Crippen LogP contribution in [-0.4, -0.2) is 19.7 Å². The molecule has 0 aliphatic rings. The van der Waals surface area contributed by atoms with Gasteiger partial charge in [-0.3, -0.25) is 4.52 Å². The number of hydrogen-bond acceptors (Lipinski definition) is 5. The van der Waals surface area contributed by atoms with Crippen LogP contribution in [0, 0.1) is 11.6 Å². The normalized spacial score (nSPS) is 12.5. The van der Waals surface area contributed by atoms with Crippen LogP contribution in [0.2, 0.25) is 0 Å². The number of carbonyl (C=O) groups excluding carboxylic acids is 1. The molecule has 0 aliphatic heterocycles. The van der Waals surface area contributed by atoms with Crippen molar-refractivity contribution in [2.24, 2.45) is 0 Å². The van der Waals surface area contributed by atoms with Gasteiger partial charge in [0, 0.05) is 18.3 Å². The number of benzene rings is 1. The van der Waals surface area contributed by atoms with Crippen molar-refractivity contribution in [1.82, 2.24) is 0 Å². The van der Waals surface area contributed by atoms with Crippen molar-refractivity contribution in [1.29, 1.82) is 0 Å². The van der Waals surface area contributed by atoms with Gasteiger partial charge in [0.2, 0.25) is 5.76 Å². The minimum absolute atomic E-state index is 0.161. The summed E-state index contributed by atoms with van der Waals surface area (Å²) < 4.78 is 26.5. The summed E-state index contributed by atoms with van der Waals surface area (Å²) in [4.78, 5) is 11.3. The van der Waals surface area contributed by atoms with E-state index in [-0.39, 0.29) is 6.61 Å². The predicted octanol–water partition coefficient (Wildman–Crippen LogP) is 2.93. The van der Waals surface area contributed by atoms with Gasteiger partial charge >= 0.3 is 13.6 Å². The largest absolute Gasteiger partial charge is 0.460 e. The van der Waals surface area contributed by atoms with E-state index in [2.05, 4.69) is 22.9 Å². The molecule has 6 heteroatoms. The highest BCUT2D eigenvalue weighted by atomic mass is 31.2. The van der Waals surface area contributed by atoms with E-state index in [9.17, 15) is 9.36 Å². The van der Waals surface area contributed by atoms with Gasteiger partial charge in [0.25, 0.3) is 0 Å². The molecule has 0 saturated heterocycles. The summed E-state index contributed by atoms with van der Waals surface area (Å²) in [6.45, 7) is 5.14. The van der Waals surface area contributed by atoms with E-state index in [4.69, 9.17) is 9.05 Å². The molecule has 0 heterocycles. The molecule has 0 aliphatic carbocycles. The van der Waals surface area contributed by atoms with E-state index < -0.39 is 19.3 Å². The molecular weight excluding hydrogens is 279 g/mol. The molecule has 0 N–H and O–H groups in total. The maximum Gasteiger partial charge on any atom is 0.457 e. The zero-order chi connectivity index (χ0) is 15.0. The third kappa shape index (κ3) is 4.93. The molecule has 1 aromatic rings. The van der Waals surface area contributed by atoms with Crippen molar-refractivity contribution in [3.8, 4) is 11.6 Å². The Labute approximate surface area is 118 Å². The van der Waals surface area contributed by atoms with Crippen molar-refractivity contribution in [3.05, 3.63) is 48.2 Å². The van der Waals surface area contributed by atoms with Crippen molar-refractivity contribution in [2.45, 2.75) is 6.92 Å². The van der Waals surface area contributed by atoms with Gasteiger partial charge in [-0.15, -0.1) is 0 Å². The summed E-state index contributed by atoms with van der Waals surface area (Å²) in [7, 11) is -2.58. The van der Waals surface area contributed by atoms with E-state index in [0.717, 1.165) is 0 Å². The van der Waals surface area contributed by atoms with Gasteiger partial charge in [0.15, 0.2) is 0 Å². The molecule has 20 heavy (non-hydrogen) atoms. The van der Waals surface area contributed by atoms with Crippen molar-refractivity contribution in [3.63, 3.8) is 0 Å². The Morgan fingerprint density at radius 1 is 1.35 bits per heavy atom. The second-order valence-corrected chi connectivity index (χ2v) is 5.28. The van der Waals surface area contributed by atoms with Crippen LogP contribution in [0.3, 0.4) is 0 Å². The molecule has 106 valence electrons. The summed E-state index contributed by atoms with van der Waals surface area (Å²) in [6, 6.07) is 8.90. The van der Waals surface area contributed by atoms with Crippen LogP contribution < -0.4 is 0 Å². The molecule has 0 saturated carbocycles. The number of rotatable bonds is 5. The molecule has 1 aromatic carbocycles. The van der Waals surface area contributed by atoms with Crippen LogP contribution in [0.1, 0.15) is 12.5 Å². The molecule has 0 radical (unpaired) electrons. The Morgan fingerprint density at radius 3 is 2.55 bits per heavy atom. The average Bonchev–Trinajstić information content (AvgIpc) is 2.46. The highest BCUT2D eigenvalue weighted by molar-refractivity contribution is 7.59. The zero-order valence-electron chi connectivity index (χ0n) is 11.3. The standard InChI is InChI=1S/C14H15O5P/c1-4-18-14(15)12(2)19-20(16,17-3)11-10-13-8-6-5-7-9-13/h5-9H,2,4H2,1,3H3. The third-order valence-electron chi connectivity index (χ3n) is 2.08. The fourth-order valence-electron chi connectivity index (χ4n) is 1.15. The van der Waals surface area contributed by atoms with E-state index in [1.807, 2.05) is 6.07 Å². The fourth-order valence-corrected chi connectivity index (χ4v) is 2.00. The summed E-state index contributed by atoms with van der Waals surface area (Å²) in [5.74, 6) is 1.45. The second-order valence-electron chi connectivity index (χ2n) is 3.52. The summed E-state index contributed by atoms with van der Waals surface area (Å²) >= 11 is 0. The summed E-state index contributed by atoms with van der Waals surface area (Å²) in [5.41, 5.74) is 3.03. The van der Waals surface area contributed by atoms with Crippen LogP contribution in [0.5, 0.6) is 0 Å². The van der Waals surface area contributed by atoms with Crippen molar-refractivity contribution in [2.75, 3.05) is 13.7 Å². The number of ether oxygens (including phenoxy) is 1. The lowest BCUT2D eigenvalue weighted by Gasteiger charge is -2.12. The topological polar surface area (TPSA) is 61.8 Å². The first-order valence-electron chi connectivity index (χ1n) is 5.80. The van der Waals surface area contributed by atoms with Crippen LogP contribution in [-0.2, 0) is 23.1 Å². The van der Waals surface area contributed by atoms with E-state index in [1.54, 1.807) is 31.2 Å². The van der Waals surface area contributed by atoms with Crippen LogP contribution in [0.25, 0.3) is 0 Å². The minimum Gasteiger partial charge on any atom is -0.460 e. The second kappa shape index (κ2) is 7.54. The lowest BCUT2D eigenvalue weighted by Crippen LogP contribution is -2.08. The SMILES string of the molecule is C=C(OP(=O)(C#Cc1ccccc1)OC)C(=O)OCC. The van der Waals surface area contributed by atoms with Crippen LogP contribution in [0.4, 0.5) is 0 Å². The molecule has 0 aromatic heterocycles. The maximum atomic E-state index is 12.2. The minimum atomic E-state index is -3.76. The quantitative estimate of drug-likeness (QED) is 0.275. The lowest BCUT2D eigenvalue weighted by molar-refractivity contribution is -0.141. The first kappa shape index (κ1) is 16.0. The van der Waals surface area contributed by atoms with Gasteiger partial charge in [-0.25, -0.2) is 9.36 Å².